The number of carbonyl (C=O) groups is 1. The molecule has 1 fully saturated rings. The predicted octanol–water partition coefficient (Wildman–Crippen LogP) is 3.55. The molecular weight excluding hydrogens is 419 g/mol. The van der Waals surface area contributed by atoms with Crippen LogP contribution in [0.1, 0.15) is 19.7 Å². The highest BCUT2D eigenvalue weighted by Crippen LogP contribution is 2.36. The minimum atomic E-state index is -0.616. The molecular formula is C25H29FN6O. The molecule has 1 aromatic heterocycles. The van der Waals surface area contributed by atoms with E-state index in [9.17, 15) is 9.18 Å². The SMILES string of the molecule is CN1CCN(c2ccc(Nc3c(-c4ccc(F)cc4)nc4n3CC(=O)NC4(C)C)cc2)CC1. The Kier molecular flexibility index (Phi) is 5.32. The highest BCUT2D eigenvalue weighted by atomic mass is 19.1. The maximum absolute atomic E-state index is 13.6. The average Bonchev–Trinajstić information content (AvgIpc) is 3.14. The average molecular weight is 449 g/mol. The predicted molar refractivity (Wildman–Crippen MR) is 128 cm³/mol. The Morgan fingerprint density at radius 1 is 1.00 bits per heavy atom. The standard InChI is InChI=1S/C25H29FN6O/c1-25(2)24-28-22(17-4-6-18(26)7-5-17)23(32(24)16-21(33)29-25)27-19-8-10-20(11-9-19)31-14-12-30(3)13-15-31/h4-11,27H,12-16H2,1-3H3,(H,29,33). The smallest absolute Gasteiger partial charge is 0.240 e. The van der Waals surface area contributed by atoms with Crippen molar-refractivity contribution >= 4 is 23.1 Å². The van der Waals surface area contributed by atoms with Crippen LogP contribution in [0.2, 0.25) is 0 Å². The van der Waals surface area contributed by atoms with E-state index in [0.717, 1.165) is 49.1 Å². The number of carbonyl (C=O) groups excluding carboxylic acids is 1. The van der Waals surface area contributed by atoms with Crippen LogP contribution in [0.4, 0.5) is 21.6 Å². The quantitative estimate of drug-likeness (QED) is 0.639. The van der Waals surface area contributed by atoms with E-state index in [2.05, 4.69) is 51.7 Å². The van der Waals surface area contributed by atoms with E-state index in [0.29, 0.717) is 5.69 Å². The molecule has 0 radical (unpaired) electrons. The van der Waals surface area contributed by atoms with Gasteiger partial charge in [-0.3, -0.25) is 4.79 Å². The molecule has 0 aliphatic carbocycles. The fourth-order valence-corrected chi connectivity index (χ4v) is 4.56. The summed E-state index contributed by atoms with van der Waals surface area (Å²) in [5, 5.41) is 6.49. The third-order valence-electron chi connectivity index (χ3n) is 6.40. The van der Waals surface area contributed by atoms with Crippen LogP contribution < -0.4 is 15.5 Å². The number of fused-ring (bicyclic) bond motifs is 1. The molecule has 0 unspecified atom stereocenters. The van der Waals surface area contributed by atoms with Crippen LogP contribution in [0.15, 0.2) is 48.5 Å². The van der Waals surface area contributed by atoms with Gasteiger partial charge in [0.05, 0.1) is 5.54 Å². The van der Waals surface area contributed by atoms with E-state index in [1.165, 1.54) is 17.8 Å². The molecule has 1 saturated heterocycles. The number of piperazine rings is 1. The number of likely N-dealkylation sites (N-methyl/N-ethyl adjacent to an activating group) is 1. The molecule has 0 bridgehead atoms. The number of imidazole rings is 1. The first-order valence-electron chi connectivity index (χ1n) is 11.3. The van der Waals surface area contributed by atoms with Gasteiger partial charge in [-0.15, -0.1) is 0 Å². The third-order valence-corrected chi connectivity index (χ3v) is 6.40. The minimum Gasteiger partial charge on any atom is -0.369 e. The molecule has 0 saturated carbocycles. The lowest BCUT2D eigenvalue weighted by atomic mass is 10.0. The molecule has 5 rings (SSSR count). The summed E-state index contributed by atoms with van der Waals surface area (Å²) in [6.07, 6.45) is 0. The molecule has 7 nitrogen and oxygen atoms in total. The summed E-state index contributed by atoms with van der Waals surface area (Å²) >= 11 is 0. The topological polar surface area (TPSA) is 65.4 Å². The van der Waals surface area contributed by atoms with Crippen LogP contribution in [-0.4, -0.2) is 53.6 Å². The number of amides is 1. The summed E-state index contributed by atoms with van der Waals surface area (Å²) in [6.45, 7) is 8.19. The second-order valence-electron chi connectivity index (χ2n) is 9.36. The van der Waals surface area contributed by atoms with Gasteiger partial charge in [-0.2, -0.15) is 0 Å². The Labute approximate surface area is 193 Å². The Bertz CT molecular complexity index is 1160. The monoisotopic (exact) mass is 448 g/mol. The highest BCUT2D eigenvalue weighted by Gasteiger charge is 2.36. The van der Waals surface area contributed by atoms with Crippen molar-refractivity contribution in [2.75, 3.05) is 43.4 Å². The molecule has 33 heavy (non-hydrogen) atoms. The van der Waals surface area contributed by atoms with Crippen molar-refractivity contribution in [2.45, 2.75) is 25.9 Å². The molecule has 2 aromatic carbocycles. The molecule has 1 amide bonds. The van der Waals surface area contributed by atoms with Crippen molar-refractivity contribution in [3.05, 3.63) is 60.2 Å². The molecule has 2 aliphatic heterocycles. The molecule has 0 spiro atoms. The summed E-state index contributed by atoms with van der Waals surface area (Å²) in [4.78, 5) is 22.0. The van der Waals surface area contributed by atoms with Gasteiger partial charge in [0.1, 0.15) is 29.7 Å². The maximum Gasteiger partial charge on any atom is 0.240 e. The number of nitrogens with zero attached hydrogens (tertiary/aromatic N) is 4. The molecule has 2 aliphatic rings. The summed E-state index contributed by atoms with van der Waals surface area (Å²) in [6, 6.07) is 14.6. The van der Waals surface area contributed by atoms with Crippen molar-refractivity contribution < 1.29 is 9.18 Å². The van der Waals surface area contributed by atoms with Crippen LogP contribution >= 0.6 is 0 Å². The highest BCUT2D eigenvalue weighted by molar-refractivity contribution is 5.83. The van der Waals surface area contributed by atoms with Crippen LogP contribution in [-0.2, 0) is 16.9 Å². The maximum atomic E-state index is 13.6. The summed E-state index contributed by atoms with van der Waals surface area (Å²) in [7, 11) is 2.15. The van der Waals surface area contributed by atoms with Gasteiger partial charge >= 0.3 is 0 Å². The number of aromatic nitrogens is 2. The number of benzene rings is 2. The van der Waals surface area contributed by atoms with Gasteiger partial charge in [0.2, 0.25) is 5.91 Å². The van der Waals surface area contributed by atoms with E-state index < -0.39 is 5.54 Å². The lowest BCUT2D eigenvalue weighted by Gasteiger charge is -2.34. The third kappa shape index (κ3) is 4.18. The van der Waals surface area contributed by atoms with Gasteiger partial charge in [0.15, 0.2) is 0 Å². The van der Waals surface area contributed by atoms with Gasteiger partial charge in [0, 0.05) is 43.1 Å². The van der Waals surface area contributed by atoms with Gasteiger partial charge in [-0.1, -0.05) is 0 Å². The van der Waals surface area contributed by atoms with Gasteiger partial charge in [-0.05, 0) is 69.4 Å². The summed E-state index contributed by atoms with van der Waals surface area (Å²) in [5.74, 6) is 1.13. The van der Waals surface area contributed by atoms with Crippen molar-refractivity contribution in [2.24, 2.45) is 0 Å². The van der Waals surface area contributed by atoms with Crippen molar-refractivity contribution in [1.29, 1.82) is 0 Å². The largest absolute Gasteiger partial charge is 0.369 e. The van der Waals surface area contributed by atoms with E-state index in [-0.39, 0.29) is 18.3 Å². The Morgan fingerprint density at radius 2 is 1.67 bits per heavy atom. The number of rotatable bonds is 4. The molecule has 3 aromatic rings. The van der Waals surface area contributed by atoms with Crippen molar-refractivity contribution in [1.82, 2.24) is 19.8 Å². The minimum absolute atomic E-state index is 0.0657. The summed E-state index contributed by atoms with van der Waals surface area (Å²) < 4.78 is 15.5. The van der Waals surface area contributed by atoms with Gasteiger partial charge in [0.25, 0.3) is 0 Å². The van der Waals surface area contributed by atoms with Gasteiger partial charge < -0.3 is 25.0 Å². The zero-order valence-electron chi connectivity index (χ0n) is 19.2. The second kappa shape index (κ2) is 8.19. The van der Waals surface area contributed by atoms with Crippen LogP contribution in [0.5, 0.6) is 0 Å². The second-order valence-corrected chi connectivity index (χ2v) is 9.36. The number of hydrogen-bond acceptors (Lipinski definition) is 5. The first kappa shape index (κ1) is 21.5. The first-order chi connectivity index (χ1) is 15.8. The Morgan fingerprint density at radius 3 is 2.33 bits per heavy atom. The van der Waals surface area contributed by atoms with E-state index in [1.54, 1.807) is 12.1 Å². The molecule has 2 N–H and O–H groups in total. The summed E-state index contributed by atoms with van der Waals surface area (Å²) in [5.41, 5.74) is 2.97. The van der Waals surface area contributed by atoms with E-state index >= 15 is 0 Å². The van der Waals surface area contributed by atoms with E-state index in [1.807, 2.05) is 18.4 Å². The molecule has 8 heteroatoms. The van der Waals surface area contributed by atoms with Crippen LogP contribution in [0.3, 0.4) is 0 Å². The number of halogens is 1. The lowest BCUT2D eigenvalue weighted by Crippen LogP contribution is -2.49. The number of hydrogen-bond donors (Lipinski definition) is 2. The Balaban J connectivity index is 1.50. The fourth-order valence-electron chi connectivity index (χ4n) is 4.56. The first-order valence-corrected chi connectivity index (χ1v) is 11.3. The molecule has 172 valence electrons. The van der Waals surface area contributed by atoms with Crippen molar-refractivity contribution in [3.8, 4) is 11.3 Å². The zero-order chi connectivity index (χ0) is 23.2. The lowest BCUT2D eigenvalue weighted by molar-refractivity contribution is -0.124. The van der Waals surface area contributed by atoms with Crippen LogP contribution in [0, 0.1) is 5.82 Å². The van der Waals surface area contributed by atoms with Crippen molar-refractivity contribution in [3.63, 3.8) is 0 Å². The van der Waals surface area contributed by atoms with E-state index in [4.69, 9.17) is 4.98 Å². The normalized spacial score (nSPS) is 18.1. The zero-order valence-corrected chi connectivity index (χ0v) is 19.2. The molecule has 3 heterocycles. The number of nitrogens with one attached hydrogen (secondary N) is 2. The fraction of sp³-hybridized carbons (Fsp3) is 0.360. The number of anilines is 3. The molecule has 0 atom stereocenters. The van der Waals surface area contributed by atoms with Crippen LogP contribution in [0.25, 0.3) is 11.3 Å². The van der Waals surface area contributed by atoms with Gasteiger partial charge in [-0.25, -0.2) is 9.37 Å². The Hall–Kier alpha value is -3.39.